The van der Waals surface area contributed by atoms with E-state index in [2.05, 4.69) is 9.47 Å². The molecular formula is C23H24N2O5. The van der Waals surface area contributed by atoms with E-state index in [-0.39, 0.29) is 12.2 Å². The highest BCUT2D eigenvalue weighted by atomic mass is 16.5. The summed E-state index contributed by atoms with van der Waals surface area (Å²) in [7, 11) is 3.22. The van der Waals surface area contributed by atoms with Crippen LogP contribution in [0.2, 0.25) is 0 Å². The Bertz CT molecular complexity index is 1270. The van der Waals surface area contributed by atoms with Crippen LogP contribution in [0.25, 0.3) is 12.2 Å². The van der Waals surface area contributed by atoms with E-state index in [1.54, 1.807) is 14.2 Å². The molecule has 0 atom stereocenters. The molecule has 1 saturated heterocycles. The third kappa shape index (κ3) is 2.88. The lowest BCUT2D eigenvalue weighted by Crippen LogP contribution is -2.40. The Morgan fingerprint density at radius 2 is 1.77 bits per heavy atom. The third-order valence-electron chi connectivity index (χ3n) is 6.16. The van der Waals surface area contributed by atoms with Gasteiger partial charge in [-0.15, -0.1) is 0 Å². The van der Waals surface area contributed by atoms with E-state index < -0.39 is 5.78 Å². The lowest BCUT2D eigenvalue weighted by molar-refractivity contribution is -0.114. The van der Waals surface area contributed by atoms with Crippen molar-refractivity contribution in [3.8, 4) is 11.5 Å². The number of hydrogen-bond donors (Lipinski definition) is 0. The molecule has 0 bridgehead atoms. The number of aromatic nitrogens is 1. The molecule has 0 saturated carbocycles. The van der Waals surface area contributed by atoms with Crippen LogP contribution >= 0.6 is 0 Å². The monoisotopic (exact) mass is 408 g/mol. The van der Waals surface area contributed by atoms with Gasteiger partial charge in [0.25, 0.3) is 0 Å². The quantitative estimate of drug-likeness (QED) is 0.562. The highest BCUT2D eigenvalue weighted by Gasteiger charge is 2.29. The maximum Gasteiger partial charge on any atom is 0.231 e. The van der Waals surface area contributed by atoms with Gasteiger partial charge in [-0.05, 0) is 23.4 Å². The van der Waals surface area contributed by atoms with Crippen LogP contribution in [0.15, 0.2) is 12.1 Å². The van der Waals surface area contributed by atoms with Crippen molar-refractivity contribution in [3.63, 3.8) is 0 Å². The number of methoxy groups -OCH3 is 2. The molecule has 7 nitrogen and oxygen atoms in total. The van der Waals surface area contributed by atoms with Gasteiger partial charge in [-0.3, -0.25) is 14.5 Å². The average molecular weight is 408 g/mol. The number of ketones is 2. The maximum atomic E-state index is 12.8. The molecule has 1 aromatic carbocycles. The summed E-state index contributed by atoms with van der Waals surface area (Å²) in [5.41, 5.74) is 1.35. The number of morpholine rings is 1. The van der Waals surface area contributed by atoms with Crippen molar-refractivity contribution in [3.05, 3.63) is 44.4 Å². The minimum atomic E-state index is -0.392. The first kappa shape index (κ1) is 19.1. The van der Waals surface area contributed by atoms with Gasteiger partial charge in [0.2, 0.25) is 11.6 Å². The number of nitrogens with zero attached hydrogens (tertiary/aromatic N) is 2. The summed E-state index contributed by atoms with van der Waals surface area (Å²) in [6.07, 6.45) is 4.04. The summed E-state index contributed by atoms with van der Waals surface area (Å²) in [5.74, 6) is 0.537. The summed E-state index contributed by atoms with van der Waals surface area (Å²) in [4.78, 5) is 27.4. The summed E-state index contributed by atoms with van der Waals surface area (Å²) in [5, 5.41) is 3.79. The zero-order chi connectivity index (χ0) is 20.8. The number of carbonyl (C=O) groups is 2. The minimum Gasteiger partial charge on any atom is -0.493 e. The van der Waals surface area contributed by atoms with E-state index in [4.69, 9.17) is 14.2 Å². The van der Waals surface area contributed by atoms with Gasteiger partial charge < -0.3 is 18.8 Å². The van der Waals surface area contributed by atoms with E-state index in [9.17, 15) is 9.59 Å². The lowest BCUT2D eigenvalue weighted by Gasteiger charge is -2.26. The van der Waals surface area contributed by atoms with E-state index >= 15 is 0 Å². The molecule has 0 amide bonds. The first-order chi connectivity index (χ1) is 14.6. The second-order valence-corrected chi connectivity index (χ2v) is 7.73. The van der Waals surface area contributed by atoms with Crippen LogP contribution in [0, 0.1) is 10.6 Å². The minimum absolute atomic E-state index is 0.158. The zero-order valence-corrected chi connectivity index (χ0v) is 17.2. The van der Waals surface area contributed by atoms with Crippen molar-refractivity contribution < 1.29 is 23.8 Å². The smallest absolute Gasteiger partial charge is 0.231 e. The summed E-state index contributed by atoms with van der Waals surface area (Å²) in [6.45, 7) is 4.89. The van der Waals surface area contributed by atoms with Crippen molar-refractivity contribution in [2.45, 2.75) is 13.0 Å². The van der Waals surface area contributed by atoms with Crippen LogP contribution in [0.5, 0.6) is 11.5 Å². The van der Waals surface area contributed by atoms with E-state index in [0.717, 1.165) is 66.1 Å². The van der Waals surface area contributed by atoms with Gasteiger partial charge in [0, 0.05) is 48.7 Å². The fraction of sp³-hybridized carbons (Fsp3) is 0.391. The van der Waals surface area contributed by atoms with Gasteiger partial charge in [-0.2, -0.15) is 0 Å². The summed E-state index contributed by atoms with van der Waals surface area (Å²) >= 11 is 0. The van der Waals surface area contributed by atoms with Crippen molar-refractivity contribution in [2.75, 3.05) is 47.1 Å². The van der Waals surface area contributed by atoms with Gasteiger partial charge in [-0.25, -0.2) is 0 Å². The molecule has 0 spiro atoms. The zero-order valence-electron chi connectivity index (χ0n) is 17.2. The Hall–Kier alpha value is -2.90. The standard InChI is InChI=1S/C23H24N2O5/c1-28-19-12-14-11-16-21-17(3-4-18(26)23(21)27)25(6-5-24-7-9-30-10-8-24)22(16)15(14)13-20(19)29-2/h3,11-13H,4-10H2,1-2H3. The Labute approximate surface area is 173 Å². The second kappa shape index (κ2) is 7.41. The molecule has 0 radical (unpaired) electrons. The molecule has 1 aromatic heterocycles. The van der Waals surface area contributed by atoms with Gasteiger partial charge >= 0.3 is 0 Å². The Morgan fingerprint density at radius 3 is 2.50 bits per heavy atom. The lowest BCUT2D eigenvalue weighted by atomic mass is 9.98. The van der Waals surface area contributed by atoms with Gasteiger partial charge in [0.05, 0.1) is 38.3 Å². The number of carbonyl (C=O) groups excluding carboxylic acids is 2. The first-order valence-corrected chi connectivity index (χ1v) is 10.2. The fourth-order valence-corrected chi connectivity index (χ4v) is 4.63. The van der Waals surface area contributed by atoms with Crippen molar-refractivity contribution >= 4 is 23.7 Å². The topological polar surface area (TPSA) is 70.0 Å². The van der Waals surface area contributed by atoms with E-state index in [1.165, 1.54) is 0 Å². The van der Waals surface area contributed by atoms with E-state index in [0.29, 0.717) is 17.1 Å². The predicted octanol–water partition coefficient (Wildman–Crippen LogP) is 0.203. The Morgan fingerprint density at radius 1 is 1.03 bits per heavy atom. The van der Waals surface area contributed by atoms with Crippen LogP contribution in [0.4, 0.5) is 0 Å². The summed E-state index contributed by atoms with van der Waals surface area (Å²) < 4.78 is 18.6. The maximum absolute atomic E-state index is 12.8. The molecule has 156 valence electrons. The molecule has 0 unspecified atom stereocenters. The number of benzene rings is 1. The SMILES string of the molecule is COc1cc2c(cc1OC)=c1c(c3c(n1CCN1CCOCC1)=CCC(=O)C3=O)C=2. The van der Waals surface area contributed by atoms with Gasteiger partial charge in [0.1, 0.15) is 0 Å². The molecule has 2 heterocycles. The predicted molar refractivity (Wildman–Crippen MR) is 110 cm³/mol. The van der Waals surface area contributed by atoms with Crippen molar-refractivity contribution in [2.24, 2.45) is 0 Å². The normalized spacial score (nSPS) is 17.7. The third-order valence-corrected chi connectivity index (χ3v) is 6.16. The van der Waals surface area contributed by atoms with Gasteiger partial charge in [-0.1, -0.05) is 6.08 Å². The molecule has 1 aliphatic heterocycles. The van der Waals surface area contributed by atoms with Crippen molar-refractivity contribution in [1.82, 2.24) is 9.47 Å². The largest absolute Gasteiger partial charge is 0.493 e. The highest BCUT2D eigenvalue weighted by Crippen LogP contribution is 2.27. The first-order valence-electron chi connectivity index (χ1n) is 10.2. The molecule has 5 rings (SSSR count). The van der Waals surface area contributed by atoms with Crippen LogP contribution < -0.4 is 20.0 Å². The number of ether oxygens (including phenoxy) is 3. The van der Waals surface area contributed by atoms with E-state index in [1.807, 2.05) is 24.3 Å². The molecular weight excluding hydrogens is 384 g/mol. The average Bonchev–Trinajstić information content (AvgIpc) is 3.28. The number of fused-ring (bicyclic) bond motifs is 4. The molecule has 2 aromatic rings. The van der Waals surface area contributed by atoms with Gasteiger partial charge in [0.15, 0.2) is 11.5 Å². The summed E-state index contributed by atoms with van der Waals surface area (Å²) in [6, 6.07) is 3.88. The molecule has 1 fully saturated rings. The molecule has 2 aliphatic carbocycles. The number of hydrogen-bond acceptors (Lipinski definition) is 6. The van der Waals surface area contributed by atoms with Crippen LogP contribution in [-0.2, 0) is 16.1 Å². The Kier molecular flexibility index (Phi) is 4.72. The molecule has 3 aliphatic rings. The second-order valence-electron chi connectivity index (χ2n) is 7.73. The van der Waals surface area contributed by atoms with Crippen LogP contribution in [0.1, 0.15) is 22.3 Å². The molecule has 7 heteroatoms. The number of Topliss-reactive ketones (excluding diaryl/α,β-unsaturated/α-hetero) is 2. The molecule has 30 heavy (non-hydrogen) atoms. The van der Waals surface area contributed by atoms with Crippen LogP contribution in [0.3, 0.4) is 0 Å². The molecule has 0 N–H and O–H groups in total. The van der Waals surface area contributed by atoms with Crippen LogP contribution in [-0.4, -0.2) is 68.1 Å². The highest BCUT2D eigenvalue weighted by molar-refractivity contribution is 6.46. The fourth-order valence-electron chi connectivity index (χ4n) is 4.63. The number of rotatable bonds is 5. The Balaban J connectivity index is 1.73. The van der Waals surface area contributed by atoms with Crippen molar-refractivity contribution in [1.29, 1.82) is 0 Å².